The molecule has 0 aliphatic carbocycles. The highest BCUT2D eigenvalue weighted by molar-refractivity contribution is 5.92. The quantitative estimate of drug-likeness (QED) is 0.356. The number of unbranched alkanes of at least 4 members (excludes halogenated alkanes) is 4. The van der Waals surface area contributed by atoms with Crippen LogP contribution < -0.4 is 10.2 Å². The summed E-state index contributed by atoms with van der Waals surface area (Å²) in [6, 6.07) is 15.5. The van der Waals surface area contributed by atoms with Crippen LogP contribution in [0.1, 0.15) is 51.5 Å². The lowest BCUT2D eigenvalue weighted by atomic mass is 10.0. The molecule has 0 fully saturated rings. The minimum absolute atomic E-state index is 0.0701. The van der Waals surface area contributed by atoms with E-state index in [4.69, 9.17) is 5.11 Å². The molecule has 0 aliphatic rings. The summed E-state index contributed by atoms with van der Waals surface area (Å²) in [5.74, 6) is -0.967. The van der Waals surface area contributed by atoms with Gasteiger partial charge in [0.1, 0.15) is 0 Å². The first-order valence-electron chi connectivity index (χ1n) is 10.7. The minimum Gasteiger partial charge on any atom is -0.478 e. The van der Waals surface area contributed by atoms with E-state index in [9.17, 15) is 9.59 Å². The van der Waals surface area contributed by atoms with Crippen LogP contribution >= 0.6 is 0 Å². The van der Waals surface area contributed by atoms with Crippen molar-refractivity contribution in [2.24, 2.45) is 0 Å². The van der Waals surface area contributed by atoms with Crippen LogP contribution in [0.4, 0.5) is 10.5 Å². The number of urea groups is 1. The Labute approximate surface area is 179 Å². The molecule has 30 heavy (non-hydrogen) atoms. The Balaban J connectivity index is 2.03. The molecule has 2 aromatic rings. The summed E-state index contributed by atoms with van der Waals surface area (Å²) in [7, 11) is 0. The van der Waals surface area contributed by atoms with Gasteiger partial charge >= 0.3 is 12.0 Å². The number of hydrogen-bond donors (Lipinski definition) is 2. The number of rotatable bonds is 11. The maximum absolute atomic E-state index is 12.6. The van der Waals surface area contributed by atoms with E-state index in [1.54, 1.807) is 11.0 Å². The third-order valence-electron chi connectivity index (χ3n) is 4.94. The highest BCUT2D eigenvalue weighted by atomic mass is 16.4. The van der Waals surface area contributed by atoms with E-state index in [-0.39, 0.29) is 6.03 Å². The van der Waals surface area contributed by atoms with Gasteiger partial charge < -0.3 is 10.4 Å². The molecule has 160 valence electrons. The van der Waals surface area contributed by atoms with Crippen molar-refractivity contribution in [3.8, 4) is 11.1 Å². The van der Waals surface area contributed by atoms with Crippen LogP contribution in [0.5, 0.6) is 0 Å². The summed E-state index contributed by atoms with van der Waals surface area (Å²) >= 11 is 0. The summed E-state index contributed by atoms with van der Waals surface area (Å²) < 4.78 is 0. The summed E-state index contributed by atoms with van der Waals surface area (Å²) in [6.45, 7) is 5.45. The van der Waals surface area contributed by atoms with Gasteiger partial charge in [0.05, 0.1) is 0 Å². The van der Waals surface area contributed by atoms with Gasteiger partial charge in [-0.15, -0.1) is 0 Å². The number of nitrogens with one attached hydrogen (secondary N) is 1. The molecular formula is C25H32N2O3. The van der Waals surface area contributed by atoms with Gasteiger partial charge in [0.25, 0.3) is 0 Å². The van der Waals surface area contributed by atoms with Crippen LogP contribution in [0.25, 0.3) is 17.2 Å². The third kappa shape index (κ3) is 7.39. The van der Waals surface area contributed by atoms with Gasteiger partial charge in [-0.25, -0.2) is 9.59 Å². The predicted molar refractivity (Wildman–Crippen MR) is 124 cm³/mol. The number of carboxylic acid groups (broad SMARTS) is 1. The van der Waals surface area contributed by atoms with Crippen LogP contribution in [-0.4, -0.2) is 30.2 Å². The monoisotopic (exact) mass is 408 g/mol. The van der Waals surface area contributed by atoms with Gasteiger partial charge in [0, 0.05) is 24.9 Å². The number of aliphatic carboxylic acids is 1. The number of nitrogens with zero attached hydrogens (tertiary/aromatic N) is 1. The highest BCUT2D eigenvalue weighted by Gasteiger charge is 2.14. The second kappa shape index (κ2) is 12.5. The lowest BCUT2D eigenvalue weighted by Crippen LogP contribution is -2.40. The van der Waals surface area contributed by atoms with E-state index >= 15 is 0 Å². The largest absolute Gasteiger partial charge is 0.478 e. The molecule has 0 heterocycles. The molecule has 2 aromatic carbocycles. The molecule has 2 rings (SSSR count). The van der Waals surface area contributed by atoms with Crippen LogP contribution in [0, 0.1) is 0 Å². The maximum atomic E-state index is 12.6. The molecule has 0 spiro atoms. The standard InChI is InChI=1S/C25H32N2O3/c1-3-5-6-7-8-18-26-25(30)27(4-2)23-11-9-10-22(19-23)21-15-12-20(13-16-21)14-17-24(28)29/h9-17,19H,3-8,18H2,1-2H3,(H,26,30)(H,28,29). The van der Waals surface area contributed by atoms with Crippen molar-refractivity contribution in [2.75, 3.05) is 18.0 Å². The van der Waals surface area contributed by atoms with Crippen LogP contribution in [-0.2, 0) is 4.79 Å². The van der Waals surface area contributed by atoms with Crippen molar-refractivity contribution < 1.29 is 14.7 Å². The van der Waals surface area contributed by atoms with E-state index in [1.165, 1.54) is 19.3 Å². The topological polar surface area (TPSA) is 69.6 Å². The normalized spacial score (nSPS) is 10.9. The second-order valence-electron chi connectivity index (χ2n) is 7.23. The summed E-state index contributed by atoms with van der Waals surface area (Å²) in [6.07, 6.45) is 8.52. The first kappa shape index (κ1) is 23.2. The fourth-order valence-corrected chi connectivity index (χ4v) is 3.27. The molecular weight excluding hydrogens is 376 g/mol. The van der Waals surface area contributed by atoms with E-state index in [2.05, 4.69) is 12.2 Å². The Morgan fingerprint density at radius 1 is 0.967 bits per heavy atom. The maximum Gasteiger partial charge on any atom is 0.328 e. The van der Waals surface area contributed by atoms with Crippen LogP contribution in [0.2, 0.25) is 0 Å². The molecule has 0 saturated carbocycles. The molecule has 0 bridgehead atoms. The number of benzene rings is 2. The van der Waals surface area contributed by atoms with E-state index in [1.807, 2.05) is 55.5 Å². The summed E-state index contributed by atoms with van der Waals surface area (Å²) in [5.41, 5.74) is 3.70. The van der Waals surface area contributed by atoms with Crippen molar-refractivity contribution in [1.82, 2.24) is 5.32 Å². The number of carbonyl (C=O) groups excluding carboxylic acids is 1. The Hall–Kier alpha value is -3.08. The van der Waals surface area contributed by atoms with Gasteiger partial charge in [-0.1, -0.05) is 69.0 Å². The van der Waals surface area contributed by atoms with Gasteiger partial charge in [-0.2, -0.15) is 0 Å². The average molecular weight is 409 g/mol. The number of carboxylic acids is 1. The molecule has 0 unspecified atom stereocenters. The molecule has 0 atom stereocenters. The Kier molecular flexibility index (Phi) is 9.65. The summed E-state index contributed by atoms with van der Waals surface area (Å²) in [4.78, 5) is 25.0. The molecule has 0 aromatic heterocycles. The molecule has 2 amide bonds. The SMILES string of the molecule is CCCCCCCNC(=O)N(CC)c1cccc(-c2ccc(C=CC(=O)O)cc2)c1. The molecule has 0 saturated heterocycles. The molecule has 0 radical (unpaired) electrons. The number of hydrogen-bond acceptors (Lipinski definition) is 2. The van der Waals surface area contributed by atoms with Crippen molar-refractivity contribution in [2.45, 2.75) is 46.0 Å². The lowest BCUT2D eigenvalue weighted by Gasteiger charge is -2.22. The zero-order valence-corrected chi connectivity index (χ0v) is 17.9. The van der Waals surface area contributed by atoms with Gasteiger partial charge in [0.15, 0.2) is 0 Å². The fourth-order valence-electron chi connectivity index (χ4n) is 3.27. The second-order valence-corrected chi connectivity index (χ2v) is 7.23. The van der Waals surface area contributed by atoms with E-state index < -0.39 is 5.97 Å². The number of amides is 2. The van der Waals surface area contributed by atoms with Crippen molar-refractivity contribution in [3.63, 3.8) is 0 Å². The van der Waals surface area contributed by atoms with Gasteiger partial charge in [-0.05, 0) is 48.2 Å². The molecule has 2 N–H and O–H groups in total. The zero-order valence-electron chi connectivity index (χ0n) is 17.9. The first-order valence-corrected chi connectivity index (χ1v) is 10.7. The van der Waals surface area contributed by atoms with E-state index in [0.717, 1.165) is 41.3 Å². The predicted octanol–water partition coefficient (Wildman–Crippen LogP) is 5.96. The average Bonchev–Trinajstić information content (AvgIpc) is 2.76. The number of anilines is 1. The van der Waals surface area contributed by atoms with Crippen molar-refractivity contribution >= 4 is 23.8 Å². The van der Waals surface area contributed by atoms with Crippen LogP contribution in [0.15, 0.2) is 54.6 Å². The summed E-state index contributed by atoms with van der Waals surface area (Å²) in [5, 5.41) is 11.8. The highest BCUT2D eigenvalue weighted by Crippen LogP contribution is 2.25. The third-order valence-corrected chi connectivity index (χ3v) is 4.94. The molecule has 0 aliphatic heterocycles. The van der Waals surface area contributed by atoms with Crippen LogP contribution in [0.3, 0.4) is 0 Å². The Morgan fingerprint density at radius 2 is 1.70 bits per heavy atom. The Morgan fingerprint density at radius 3 is 2.37 bits per heavy atom. The molecule has 5 nitrogen and oxygen atoms in total. The zero-order chi connectivity index (χ0) is 21.8. The van der Waals surface area contributed by atoms with Gasteiger partial charge in [-0.3, -0.25) is 4.90 Å². The smallest absolute Gasteiger partial charge is 0.328 e. The van der Waals surface area contributed by atoms with E-state index in [0.29, 0.717) is 13.1 Å². The molecule has 5 heteroatoms. The lowest BCUT2D eigenvalue weighted by molar-refractivity contribution is -0.131. The first-order chi connectivity index (χ1) is 14.5. The van der Waals surface area contributed by atoms with Gasteiger partial charge in [0.2, 0.25) is 0 Å². The van der Waals surface area contributed by atoms with Crippen molar-refractivity contribution in [1.29, 1.82) is 0 Å². The Bertz CT molecular complexity index is 844. The minimum atomic E-state index is -0.967. The number of carbonyl (C=O) groups is 2. The van der Waals surface area contributed by atoms with Crippen molar-refractivity contribution in [3.05, 3.63) is 60.2 Å². The fraction of sp³-hybridized carbons (Fsp3) is 0.360.